The summed E-state index contributed by atoms with van der Waals surface area (Å²) < 4.78 is 0. The lowest BCUT2D eigenvalue weighted by molar-refractivity contribution is 0.249. The SMILES string of the molecule is CC(CC1CCCc2ccccc21)=NNC(N)=O. The number of urea groups is 1. The lowest BCUT2D eigenvalue weighted by Crippen LogP contribution is -2.25. The molecule has 1 atom stereocenters. The Morgan fingerprint density at radius 3 is 3.06 bits per heavy atom. The van der Waals surface area contributed by atoms with Crippen molar-refractivity contribution >= 4 is 11.7 Å². The zero-order valence-electron chi connectivity index (χ0n) is 10.6. The molecule has 1 unspecified atom stereocenters. The van der Waals surface area contributed by atoms with Crippen molar-refractivity contribution in [1.82, 2.24) is 5.43 Å². The summed E-state index contributed by atoms with van der Waals surface area (Å²) in [5.74, 6) is 0.508. The van der Waals surface area contributed by atoms with E-state index in [1.807, 2.05) is 6.92 Å². The molecule has 0 aromatic heterocycles. The number of benzene rings is 1. The number of hydrazone groups is 1. The third-order valence-corrected chi connectivity index (χ3v) is 3.39. The third-order valence-electron chi connectivity index (χ3n) is 3.39. The Hall–Kier alpha value is -1.84. The van der Waals surface area contributed by atoms with Gasteiger partial charge in [-0.25, -0.2) is 10.2 Å². The molecule has 1 aromatic rings. The summed E-state index contributed by atoms with van der Waals surface area (Å²) in [6.07, 6.45) is 4.44. The van der Waals surface area contributed by atoms with Crippen LogP contribution in [0.1, 0.15) is 43.2 Å². The zero-order chi connectivity index (χ0) is 13.0. The summed E-state index contributed by atoms with van der Waals surface area (Å²) in [4.78, 5) is 10.6. The molecule has 18 heavy (non-hydrogen) atoms. The van der Waals surface area contributed by atoms with Gasteiger partial charge in [-0.3, -0.25) is 0 Å². The molecule has 1 aromatic carbocycles. The maximum atomic E-state index is 10.6. The second-order valence-corrected chi connectivity index (χ2v) is 4.82. The van der Waals surface area contributed by atoms with E-state index in [0.29, 0.717) is 5.92 Å². The molecule has 4 nitrogen and oxygen atoms in total. The number of fused-ring (bicyclic) bond motifs is 1. The first-order valence-corrected chi connectivity index (χ1v) is 6.33. The Balaban J connectivity index is 2.07. The fraction of sp³-hybridized carbons (Fsp3) is 0.429. The fourth-order valence-electron chi connectivity index (χ4n) is 2.62. The van der Waals surface area contributed by atoms with Crippen LogP contribution in [0.15, 0.2) is 29.4 Å². The van der Waals surface area contributed by atoms with Crippen LogP contribution < -0.4 is 11.2 Å². The molecule has 0 bridgehead atoms. The molecule has 0 aliphatic heterocycles. The molecule has 0 spiro atoms. The summed E-state index contributed by atoms with van der Waals surface area (Å²) in [7, 11) is 0. The van der Waals surface area contributed by atoms with Gasteiger partial charge < -0.3 is 5.73 Å². The number of nitrogens with two attached hydrogens (primary N) is 1. The molecule has 0 saturated heterocycles. The zero-order valence-corrected chi connectivity index (χ0v) is 10.6. The van der Waals surface area contributed by atoms with Crippen LogP contribution >= 0.6 is 0 Å². The van der Waals surface area contributed by atoms with Crippen LogP contribution in [-0.2, 0) is 6.42 Å². The van der Waals surface area contributed by atoms with Gasteiger partial charge >= 0.3 is 6.03 Å². The van der Waals surface area contributed by atoms with Crippen molar-refractivity contribution in [2.24, 2.45) is 10.8 Å². The topological polar surface area (TPSA) is 67.5 Å². The predicted molar refractivity (Wildman–Crippen MR) is 72.6 cm³/mol. The number of nitrogens with one attached hydrogen (secondary N) is 1. The van der Waals surface area contributed by atoms with E-state index in [-0.39, 0.29) is 0 Å². The van der Waals surface area contributed by atoms with Crippen molar-refractivity contribution in [3.05, 3.63) is 35.4 Å². The molecule has 0 radical (unpaired) electrons. The van der Waals surface area contributed by atoms with E-state index in [2.05, 4.69) is 34.8 Å². The van der Waals surface area contributed by atoms with E-state index in [1.54, 1.807) is 0 Å². The lowest BCUT2D eigenvalue weighted by atomic mass is 9.80. The fourth-order valence-corrected chi connectivity index (χ4v) is 2.62. The number of primary amides is 1. The standard InChI is InChI=1S/C14H19N3O/c1-10(16-17-14(15)18)9-12-7-4-6-11-5-2-3-8-13(11)12/h2-3,5,8,12H,4,6-7,9H2,1H3,(H3,15,17,18). The van der Waals surface area contributed by atoms with Gasteiger partial charge in [0.2, 0.25) is 0 Å². The Morgan fingerprint density at radius 2 is 2.28 bits per heavy atom. The maximum Gasteiger partial charge on any atom is 0.332 e. The van der Waals surface area contributed by atoms with Crippen LogP contribution in [0, 0.1) is 0 Å². The van der Waals surface area contributed by atoms with Gasteiger partial charge in [-0.15, -0.1) is 0 Å². The number of rotatable bonds is 3. The number of nitrogens with zero attached hydrogens (tertiary/aromatic N) is 1. The summed E-state index contributed by atoms with van der Waals surface area (Å²) in [5.41, 5.74) is 11.1. The van der Waals surface area contributed by atoms with Crippen molar-refractivity contribution in [3.63, 3.8) is 0 Å². The Labute approximate surface area is 107 Å². The molecule has 0 saturated carbocycles. The largest absolute Gasteiger partial charge is 0.350 e. The molecule has 1 aliphatic rings. The van der Waals surface area contributed by atoms with E-state index < -0.39 is 6.03 Å². The monoisotopic (exact) mass is 245 g/mol. The first kappa shape index (κ1) is 12.6. The van der Waals surface area contributed by atoms with E-state index in [0.717, 1.165) is 12.1 Å². The quantitative estimate of drug-likeness (QED) is 0.623. The van der Waals surface area contributed by atoms with Crippen LogP contribution in [0.2, 0.25) is 0 Å². The second-order valence-electron chi connectivity index (χ2n) is 4.82. The molecule has 0 heterocycles. The number of carbonyl (C=O) groups excluding carboxylic acids is 1. The summed E-state index contributed by atoms with van der Waals surface area (Å²) in [6.45, 7) is 1.92. The van der Waals surface area contributed by atoms with Crippen molar-refractivity contribution in [2.45, 2.75) is 38.5 Å². The van der Waals surface area contributed by atoms with Crippen LogP contribution in [0.3, 0.4) is 0 Å². The molecule has 2 rings (SSSR count). The van der Waals surface area contributed by atoms with Gasteiger partial charge in [-0.1, -0.05) is 24.3 Å². The Kier molecular flexibility index (Phi) is 3.97. The molecule has 0 fully saturated rings. The highest BCUT2D eigenvalue weighted by Gasteiger charge is 2.20. The molecular weight excluding hydrogens is 226 g/mol. The molecule has 96 valence electrons. The third kappa shape index (κ3) is 3.09. The van der Waals surface area contributed by atoms with Crippen molar-refractivity contribution < 1.29 is 4.79 Å². The minimum absolute atomic E-state index is 0.508. The normalized spacial score (nSPS) is 19.2. The van der Waals surface area contributed by atoms with Crippen molar-refractivity contribution in [2.75, 3.05) is 0 Å². The summed E-state index contributed by atoms with van der Waals surface area (Å²) in [5, 5.41) is 3.98. The van der Waals surface area contributed by atoms with Gasteiger partial charge in [0.25, 0.3) is 0 Å². The first-order valence-electron chi connectivity index (χ1n) is 6.33. The van der Waals surface area contributed by atoms with Gasteiger partial charge in [-0.05, 0) is 49.7 Å². The van der Waals surface area contributed by atoms with Gasteiger partial charge in [0.05, 0.1) is 0 Å². The maximum absolute atomic E-state index is 10.6. The molecular formula is C14H19N3O. The molecule has 1 aliphatic carbocycles. The van der Waals surface area contributed by atoms with Gasteiger partial charge in [0.1, 0.15) is 0 Å². The Morgan fingerprint density at radius 1 is 1.50 bits per heavy atom. The van der Waals surface area contributed by atoms with E-state index >= 15 is 0 Å². The molecule has 3 N–H and O–H groups in total. The lowest BCUT2D eigenvalue weighted by Gasteiger charge is -2.25. The number of carbonyl (C=O) groups is 1. The highest BCUT2D eigenvalue weighted by molar-refractivity contribution is 5.84. The number of hydrogen-bond donors (Lipinski definition) is 2. The summed E-state index contributed by atoms with van der Waals surface area (Å²) in [6, 6.07) is 7.98. The smallest absolute Gasteiger partial charge is 0.332 e. The average Bonchev–Trinajstić information content (AvgIpc) is 2.37. The van der Waals surface area contributed by atoms with Crippen molar-refractivity contribution in [1.29, 1.82) is 0 Å². The number of amides is 2. The highest BCUT2D eigenvalue weighted by Crippen LogP contribution is 2.33. The van der Waals surface area contributed by atoms with Crippen LogP contribution in [-0.4, -0.2) is 11.7 Å². The van der Waals surface area contributed by atoms with Crippen LogP contribution in [0.25, 0.3) is 0 Å². The van der Waals surface area contributed by atoms with Gasteiger partial charge in [0, 0.05) is 5.71 Å². The minimum atomic E-state index is -0.613. The number of hydrogen-bond acceptors (Lipinski definition) is 2. The van der Waals surface area contributed by atoms with E-state index in [9.17, 15) is 4.79 Å². The van der Waals surface area contributed by atoms with E-state index in [4.69, 9.17) is 5.73 Å². The average molecular weight is 245 g/mol. The minimum Gasteiger partial charge on any atom is -0.350 e. The molecule has 4 heteroatoms. The molecule has 2 amide bonds. The van der Waals surface area contributed by atoms with Crippen LogP contribution in [0.5, 0.6) is 0 Å². The number of aryl methyl sites for hydroxylation is 1. The van der Waals surface area contributed by atoms with Gasteiger partial charge in [-0.2, -0.15) is 5.10 Å². The van der Waals surface area contributed by atoms with Crippen LogP contribution in [0.4, 0.5) is 4.79 Å². The highest BCUT2D eigenvalue weighted by atomic mass is 16.2. The summed E-state index contributed by atoms with van der Waals surface area (Å²) >= 11 is 0. The second kappa shape index (κ2) is 5.67. The first-order chi connectivity index (χ1) is 8.66. The predicted octanol–water partition coefficient (Wildman–Crippen LogP) is 2.54. The van der Waals surface area contributed by atoms with Crippen molar-refractivity contribution in [3.8, 4) is 0 Å². The Bertz CT molecular complexity index is 468. The van der Waals surface area contributed by atoms with E-state index in [1.165, 1.54) is 30.4 Å². The van der Waals surface area contributed by atoms with Gasteiger partial charge in [0.15, 0.2) is 0 Å².